The van der Waals surface area contributed by atoms with E-state index < -0.39 is 53.3 Å². The maximum absolute atomic E-state index is 14.1. The highest BCUT2D eigenvalue weighted by Gasteiger charge is 2.32. The molecule has 1 fully saturated rings. The zero-order valence-electron chi connectivity index (χ0n) is 45.2. The Morgan fingerprint density at radius 3 is 1.35 bits per heavy atom. The summed E-state index contributed by atoms with van der Waals surface area (Å²) in [5.41, 5.74) is -1.33. The normalized spacial score (nSPS) is 18.0. The van der Waals surface area contributed by atoms with E-state index in [0.717, 1.165) is 11.1 Å². The van der Waals surface area contributed by atoms with Crippen LogP contribution >= 0.6 is 7.37 Å². The monoisotopic (exact) mass is 995 g/mol. The molecule has 1 unspecified atom stereocenters. The van der Waals surface area contributed by atoms with Crippen molar-refractivity contribution in [1.82, 2.24) is 19.6 Å². The van der Waals surface area contributed by atoms with Crippen molar-refractivity contribution in [3.8, 4) is 0 Å². The minimum atomic E-state index is -2.98. The third kappa shape index (κ3) is 30.2. The van der Waals surface area contributed by atoms with Crippen molar-refractivity contribution >= 4 is 37.2 Å². The Morgan fingerprint density at radius 1 is 0.522 bits per heavy atom. The summed E-state index contributed by atoms with van der Waals surface area (Å²) in [6.07, 6.45) is 4.62. The van der Waals surface area contributed by atoms with Crippen molar-refractivity contribution in [3.05, 3.63) is 35.4 Å². The molecule has 0 saturated carbocycles. The SMILES string of the molecule is CC(C)(C)OC(=O)CN1CCN(CC(=O)OC(C)(C)C)CCN(CC(=O)OC(C)(C)C)[C@@H](Cc2ccc(CCCP(=O)(CCCCCC(=O)O)OC(C)(C)C)cc2)CN(CC(=O)OC(C)(C)C)CC1. The molecule has 1 aromatic rings. The van der Waals surface area contributed by atoms with Crippen LogP contribution in [0.2, 0.25) is 0 Å². The molecule has 1 saturated heterocycles. The number of aryl methyl sites for hydroxylation is 1. The first-order valence-electron chi connectivity index (χ1n) is 24.9. The third-order valence-electron chi connectivity index (χ3n) is 10.5. The molecule has 2 rings (SSSR count). The van der Waals surface area contributed by atoms with Gasteiger partial charge in [-0.2, -0.15) is 0 Å². The fourth-order valence-corrected chi connectivity index (χ4v) is 10.7. The van der Waals surface area contributed by atoms with Crippen LogP contribution in [-0.4, -0.2) is 173 Å². The van der Waals surface area contributed by atoms with Crippen molar-refractivity contribution < 1.29 is 57.1 Å². The fraction of sp³-hybridized carbons (Fsp3) is 0.788. The van der Waals surface area contributed by atoms with Gasteiger partial charge in [0.2, 0.25) is 7.37 Å². The molecule has 1 heterocycles. The van der Waals surface area contributed by atoms with E-state index in [0.29, 0.717) is 96.7 Å². The van der Waals surface area contributed by atoms with Gasteiger partial charge in [0, 0.05) is 70.6 Å². The molecule has 0 bridgehead atoms. The second kappa shape index (κ2) is 27.4. The molecule has 1 aliphatic heterocycles. The molecule has 69 heavy (non-hydrogen) atoms. The van der Waals surface area contributed by atoms with Gasteiger partial charge in [-0.25, -0.2) is 0 Å². The lowest BCUT2D eigenvalue weighted by Crippen LogP contribution is -2.54. The van der Waals surface area contributed by atoms with E-state index in [2.05, 4.69) is 29.2 Å². The number of ether oxygens (including phenoxy) is 4. The molecule has 16 nitrogen and oxygen atoms in total. The molecule has 2 atom stereocenters. The van der Waals surface area contributed by atoms with Gasteiger partial charge in [0.1, 0.15) is 22.4 Å². The van der Waals surface area contributed by atoms with Crippen molar-refractivity contribution in [3.63, 3.8) is 0 Å². The van der Waals surface area contributed by atoms with Gasteiger partial charge < -0.3 is 28.6 Å². The maximum atomic E-state index is 14.1. The van der Waals surface area contributed by atoms with E-state index in [-0.39, 0.29) is 50.6 Å². The van der Waals surface area contributed by atoms with Gasteiger partial charge in [0.25, 0.3) is 0 Å². The number of carboxylic acids is 1. The van der Waals surface area contributed by atoms with Gasteiger partial charge in [-0.05, 0) is 147 Å². The third-order valence-corrected chi connectivity index (χ3v) is 13.4. The number of benzene rings is 1. The number of esters is 4. The summed E-state index contributed by atoms with van der Waals surface area (Å²) >= 11 is 0. The zero-order chi connectivity index (χ0) is 52.4. The van der Waals surface area contributed by atoms with E-state index in [4.69, 9.17) is 28.6 Å². The van der Waals surface area contributed by atoms with E-state index in [9.17, 15) is 28.5 Å². The molecule has 0 amide bonds. The van der Waals surface area contributed by atoms with Crippen LogP contribution in [0.3, 0.4) is 0 Å². The van der Waals surface area contributed by atoms with Crippen molar-refractivity contribution in [2.45, 2.75) is 183 Å². The maximum Gasteiger partial charge on any atom is 0.320 e. The summed E-state index contributed by atoms with van der Waals surface area (Å²) in [6, 6.07) is 7.95. The Morgan fingerprint density at radius 2 is 0.913 bits per heavy atom. The average molecular weight is 995 g/mol. The molecular weight excluding hydrogens is 904 g/mol. The molecule has 396 valence electrons. The number of aliphatic carboxylic acids is 1. The number of hydrogen-bond donors (Lipinski definition) is 1. The van der Waals surface area contributed by atoms with Crippen LogP contribution in [0.5, 0.6) is 0 Å². The lowest BCUT2D eigenvalue weighted by Gasteiger charge is -2.39. The Balaban J connectivity index is 2.56. The molecular formula is C52H91N4O12P. The summed E-state index contributed by atoms with van der Waals surface area (Å²) in [6.45, 7) is 30.3. The highest BCUT2D eigenvalue weighted by molar-refractivity contribution is 7.59. The number of carbonyl (C=O) groups excluding carboxylic acids is 4. The minimum Gasteiger partial charge on any atom is -0.481 e. The van der Waals surface area contributed by atoms with E-state index in [1.54, 1.807) is 0 Å². The van der Waals surface area contributed by atoms with Crippen LogP contribution in [-0.2, 0) is 64.9 Å². The van der Waals surface area contributed by atoms with Crippen LogP contribution < -0.4 is 0 Å². The molecule has 1 aromatic carbocycles. The standard InChI is InChI=1S/C52H91N4O12P/c1-48(2,3)64-44(59)36-53-26-27-54(37-45(60)65-49(4,5)6)30-31-56(39-47(62)67-51(10,11)12)42(35-55(29-28-53)38-46(61)66-50(7,8)9)34-41-24-22-40(23-25-41)20-19-33-69(63,68-52(13,14)15)32-18-16-17-21-43(57)58/h22-25,42H,16-21,26-39H2,1-15H3,(H,57,58)/t42-,69?/m0/s1. The minimum absolute atomic E-state index is 0.000694. The van der Waals surface area contributed by atoms with Crippen LogP contribution in [0.25, 0.3) is 0 Å². The van der Waals surface area contributed by atoms with Crippen molar-refractivity contribution in [1.29, 1.82) is 0 Å². The highest BCUT2D eigenvalue weighted by Crippen LogP contribution is 2.52. The van der Waals surface area contributed by atoms with Gasteiger partial charge in [0.05, 0.1) is 31.8 Å². The number of hydrogen-bond acceptors (Lipinski definition) is 15. The fourth-order valence-electron chi connectivity index (χ4n) is 7.96. The highest BCUT2D eigenvalue weighted by atomic mass is 31.2. The number of carbonyl (C=O) groups is 5. The predicted octanol–water partition coefficient (Wildman–Crippen LogP) is 7.86. The largest absolute Gasteiger partial charge is 0.481 e. The van der Waals surface area contributed by atoms with Crippen LogP contribution in [0.15, 0.2) is 24.3 Å². The lowest BCUT2D eigenvalue weighted by molar-refractivity contribution is -0.160. The number of rotatable bonds is 21. The first-order valence-corrected chi connectivity index (χ1v) is 26.9. The van der Waals surface area contributed by atoms with Crippen LogP contribution in [0.4, 0.5) is 0 Å². The Kier molecular flexibility index (Phi) is 24.5. The summed E-state index contributed by atoms with van der Waals surface area (Å²) in [5.74, 6) is -2.39. The molecule has 17 heteroatoms. The molecule has 0 spiro atoms. The van der Waals surface area contributed by atoms with Gasteiger partial charge in [-0.15, -0.1) is 0 Å². The Labute approximate surface area is 415 Å². The first kappa shape index (κ1) is 61.7. The van der Waals surface area contributed by atoms with Gasteiger partial charge in [-0.1, -0.05) is 30.7 Å². The summed E-state index contributed by atoms with van der Waals surface area (Å²) in [4.78, 5) is 73.0. The van der Waals surface area contributed by atoms with E-state index in [1.165, 1.54) is 0 Å². The molecule has 1 N–H and O–H groups in total. The number of unbranched alkanes of at least 4 members (excludes halogenated alkanes) is 2. The smallest absolute Gasteiger partial charge is 0.320 e. The number of nitrogens with zero attached hydrogens (tertiary/aromatic N) is 4. The second-order valence-electron chi connectivity index (χ2n) is 23.6. The van der Waals surface area contributed by atoms with Crippen molar-refractivity contribution in [2.24, 2.45) is 0 Å². The molecule has 0 aliphatic carbocycles. The first-order chi connectivity index (χ1) is 31.6. The van der Waals surface area contributed by atoms with Crippen molar-refractivity contribution in [2.75, 3.05) is 84.3 Å². The number of carboxylic acid groups (broad SMARTS) is 1. The molecule has 0 radical (unpaired) electrons. The zero-order valence-corrected chi connectivity index (χ0v) is 46.1. The topological polar surface area (TPSA) is 182 Å². The van der Waals surface area contributed by atoms with Gasteiger partial charge in [-0.3, -0.25) is 48.1 Å². The Hall–Kier alpha value is -3.40. The lowest BCUT2D eigenvalue weighted by atomic mass is 10.0. The van der Waals surface area contributed by atoms with E-state index in [1.807, 2.05) is 119 Å². The summed E-state index contributed by atoms with van der Waals surface area (Å²) in [5, 5.41) is 9.02. The summed E-state index contributed by atoms with van der Waals surface area (Å²) < 4.78 is 43.4. The molecule has 0 aromatic heterocycles. The summed E-state index contributed by atoms with van der Waals surface area (Å²) in [7, 11) is -2.98. The molecule has 1 aliphatic rings. The Bertz CT molecular complexity index is 1820. The van der Waals surface area contributed by atoms with E-state index >= 15 is 0 Å². The van der Waals surface area contributed by atoms with Gasteiger partial charge in [0.15, 0.2) is 0 Å². The van der Waals surface area contributed by atoms with Crippen LogP contribution in [0, 0.1) is 0 Å². The van der Waals surface area contributed by atoms with Crippen LogP contribution in [0.1, 0.15) is 147 Å². The predicted molar refractivity (Wildman–Crippen MR) is 271 cm³/mol. The second-order valence-corrected chi connectivity index (χ2v) is 26.3. The quantitative estimate of drug-likeness (QED) is 0.0544. The average Bonchev–Trinajstić information content (AvgIpc) is 3.13. The van der Waals surface area contributed by atoms with Gasteiger partial charge >= 0.3 is 29.8 Å².